The summed E-state index contributed by atoms with van der Waals surface area (Å²) >= 11 is 3.07. The molecule has 23 heavy (non-hydrogen) atoms. The molecule has 1 aliphatic rings. The molecule has 0 spiro atoms. The van der Waals surface area contributed by atoms with Gasteiger partial charge in [0.2, 0.25) is 5.91 Å². The number of hydrogen-bond acceptors (Lipinski definition) is 6. The van der Waals surface area contributed by atoms with Crippen LogP contribution in [0.3, 0.4) is 0 Å². The third kappa shape index (κ3) is 3.76. The van der Waals surface area contributed by atoms with Gasteiger partial charge in [0.1, 0.15) is 0 Å². The van der Waals surface area contributed by atoms with E-state index in [9.17, 15) is 4.79 Å². The number of aromatic nitrogens is 3. The van der Waals surface area contributed by atoms with Gasteiger partial charge in [-0.25, -0.2) is 0 Å². The third-order valence-corrected chi connectivity index (χ3v) is 5.72. The highest BCUT2D eigenvalue weighted by molar-refractivity contribution is 7.99. The molecule has 3 heterocycles. The number of carbonyl (C=O) groups excluding carboxylic acids is 1. The fourth-order valence-electron chi connectivity index (χ4n) is 2.47. The van der Waals surface area contributed by atoms with Crippen LogP contribution in [-0.2, 0) is 16.6 Å². The van der Waals surface area contributed by atoms with Gasteiger partial charge in [0.05, 0.1) is 23.3 Å². The summed E-state index contributed by atoms with van der Waals surface area (Å²) in [7, 11) is 1.93. The second-order valence-corrected chi connectivity index (χ2v) is 7.26. The first-order valence-corrected chi connectivity index (χ1v) is 9.51. The molecular formula is C15H20N4O2S2. The number of rotatable bonds is 5. The summed E-state index contributed by atoms with van der Waals surface area (Å²) in [5, 5.41) is 11.2. The maximum Gasteiger partial charge on any atom is 0.233 e. The Bertz CT molecular complexity index is 656. The smallest absolute Gasteiger partial charge is 0.233 e. The van der Waals surface area contributed by atoms with Crippen LogP contribution in [0, 0.1) is 0 Å². The van der Waals surface area contributed by atoms with Crippen LogP contribution in [0.25, 0.3) is 10.7 Å². The number of amides is 1. The maximum absolute atomic E-state index is 12.4. The summed E-state index contributed by atoms with van der Waals surface area (Å²) in [5.41, 5.74) is 0. The first-order valence-electron chi connectivity index (χ1n) is 7.64. The van der Waals surface area contributed by atoms with Crippen molar-refractivity contribution in [3.05, 3.63) is 17.5 Å². The summed E-state index contributed by atoms with van der Waals surface area (Å²) < 4.78 is 7.55. The maximum atomic E-state index is 12.4. The minimum atomic E-state index is 0.137. The lowest BCUT2D eigenvalue weighted by Crippen LogP contribution is -2.46. The summed E-state index contributed by atoms with van der Waals surface area (Å²) in [5.74, 6) is 1.36. The van der Waals surface area contributed by atoms with Crippen molar-refractivity contribution in [2.24, 2.45) is 7.05 Å². The number of carbonyl (C=O) groups is 1. The lowest BCUT2D eigenvalue weighted by Gasteiger charge is -2.32. The molecule has 1 atom stereocenters. The van der Waals surface area contributed by atoms with Gasteiger partial charge in [-0.3, -0.25) is 4.79 Å². The molecule has 1 unspecified atom stereocenters. The van der Waals surface area contributed by atoms with Crippen LogP contribution in [0.2, 0.25) is 0 Å². The van der Waals surface area contributed by atoms with Gasteiger partial charge < -0.3 is 14.2 Å². The van der Waals surface area contributed by atoms with Crippen LogP contribution in [0.15, 0.2) is 22.7 Å². The zero-order valence-electron chi connectivity index (χ0n) is 13.3. The zero-order valence-corrected chi connectivity index (χ0v) is 14.9. The van der Waals surface area contributed by atoms with Gasteiger partial charge in [-0.1, -0.05) is 24.8 Å². The Morgan fingerprint density at radius 2 is 2.39 bits per heavy atom. The molecule has 1 amide bonds. The van der Waals surface area contributed by atoms with Crippen molar-refractivity contribution in [3.8, 4) is 10.7 Å². The highest BCUT2D eigenvalue weighted by Crippen LogP contribution is 2.26. The second kappa shape index (κ2) is 7.46. The predicted molar refractivity (Wildman–Crippen MR) is 91.7 cm³/mol. The fraction of sp³-hybridized carbons (Fsp3) is 0.533. The Morgan fingerprint density at radius 1 is 1.52 bits per heavy atom. The summed E-state index contributed by atoms with van der Waals surface area (Å²) in [6.45, 7) is 4.07. The summed E-state index contributed by atoms with van der Waals surface area (Å²) in [4.78, 5) is 15.3. The van der Waals surface area contributed by atoms with Gasteiger partial charge in [-0.15, -0.1) is 21.5 Å². The van der Waals surface area contributed by atoms with Crippen molar-refractivity contribution in [3.63, 3.8) is 0 Å². The molecule has 0 bridgehead atoms. The molecule has 1 saturated heterocycles. The van der Waals surface area contributed by atoms with Gasteiger partial charge in [0.25, 0.3) is 0 Å². The first-order chi connectivity index (χ1) is 11.2. The molecule has 8 heteroatoms. The number of morpholine rings is 1. The lowest BCUT2D eigenvalue weighted by atomic mass is 10.2. The standard InChI is InChI=1S/C15H20N4O2S2/c1-3-11-9-19(6-7-21-11)13(20)10-23-15-17-16-14(18(15)2)12-5-4-8-22-12/h4-5,8,11H,3,6-7,9-10H2,1-2H3. The fourth-order valence-corrected chi connectivity index (χ4v) is 4.03. The van der Waals surface area contributed by atoms with Crippen molar-refractivity contribution in [1.82, 2.24) is 19.7 Å². The topological polar surface area (TPSA) is 60.2 Å². The van der Waals surface area contributed by atoms with Gasteiger partial charge in [-0.05, 0) is 17.9 Å². The average Bonchev–Trinajstić information content (AvgIpc) is 3.22. The van der Waals surface area contributed by atoms with Crippen LogP contribution in [0.4, 0.5) is 0 Å². The normalized spacial score (nSPS) is 18.3. The van der Waals surface area contributed by atoms with E-state index in [1.807, 2.05) is 34.0 Å². The van der Waals surface area contributed by atoms with Crippen LogP contribution in [0.5, 0.6) is 0 Å². The van der Waals surface area contributed by atoms with E-state index in [0.717, 1.165) is 22.3 Å². The Labute approximate surface area is 143 Å². The lowest BCUT2D eigenvalue weighted by molar-refractivity contribution is -0.135. The van der Waals surface area contributed by atoms with Crippen molar-refractivity contribution >= 4 is 29.0 Å². The van der Waals surface area contributed by atoms with Crippen LogP contribution in [0.1, 0.15) is 13.3 Å². The monoisotopic (exact) mass is 352 g/mol. The molecule has 3 rings (SSSR count). The number of hydrogen-bond donors (Lipinski definition) is 0. The largest absolute Gasteiger partial charge is 0.375 e. The van der Waals surface area contributed by atoms with E-state index in [0.29, 0.717) is 25.4 Å². The van der Waals surface area contributed by atoms with Crippen LogP contribution in [-0.4, -0.2) is 57.1 Å². The number of thiophene rings is 1. The van der Waals surface area contributed by atoms with Crippen molar-refractivity contribution in [2.75, 3.05) is 25.4 Å². The molecule has 0 radical (unpaired) electrons. The van der Waals surface area contributed by atoms with E-state index in [2.05, 4.69) is 17.1 Å². The minimum Gasteiger partial charge on any atom is -0.375 e. The number of thioether (sulfide) groups is 1. The average molecular weight is 352 g/mol. The second-order valence-electron chi connectivity index (χ2n) is 5.37. The summed E-state index contributed by atoms with van der Waals surface area (Å²) in [6.07, 6.45) is 1.10. The Morgan fingerprint density at radius 3 is 3.13 bits per heavy atom. The van der Waals surface area contributed by atoms with E-state index in [1.54, 1.807) is 11.3 Å². The highest BCUT2D eigenvalue weighted by Gasteiger charge is 2.23. The van der Waals surface area contributed by atoms with E-state index >= 15 is 0 Å². The molecular weight excluding hydrogens is 332 g/mol. The zero-order chi connectivity index (χ0) is 16.2. The van der Waals surface area contributed by atoms with E-state index in [1.165, 1.54) is 11.8 Å². The predicted octanol–water partition coefficient (Wildman–Crippen LogP) is 2.27. The third-order valence-electron chi connectivity index (χ3n) is 3.85. The molecule has 0 saturated carbocycles. The Kier molecular flexibility index (Phi) is 5.34. The number of nitrogens with zero attached hydrogens (tertiary/aromatic N) is 4. The molecule has 0 aliphatic carbocycles. The molecule has 124 valence electrons. The van der Waals surface area contributed by atoms with Gasteiger partial charge in [0, 0.05) is 20.1 Å². The van der Waals surface area contributed by atoms with Crippen molar-refractivity contribution in [2.45, 2.75) is 24.6 Å². The van der Waals surface area contributed by atoms with Crippen molar-refractivity contribution < 1.29 is 9.53 Å². The van der Waals surface area contributed by atoms with Gasteiger partial charge in [-0.2, -0.15) is 0 Å². The molecule has 0 N–H and O–H groups in total. The Hall–Kier alpha value is -1.38. The summed E-state index contributed by atoms with van der Waals surface area (Å²) in [6, 6.07) is 4.01. The van der Waals surface area contributed by atoms with E-state index in [-0.39, 0.29) is 12.0 Å². The SMILES string of the molecule is CCC1CN(C(=O)CSc2nnc(-c3cccs3)n2C)CCO1. The van der Waals surface area contributed by atoms with Gasteiger partial charge >= 0.3 is 0 Å². The van der Waals surface area contributed by atoms with Crippen molar-refractivity contribution in [1.29, 1.82) is 0 Å². The molecule has 6 nitrogen and oxygen atoms in total. The van der Waals surface area contributed by atoms with Crippen LogP contribution >= 0.6 is 23.1 Å². The first kappa shape index (κ1) is 16.5. The Balaban J connectivity index is 1.59. The number of ether oxygens (including phenoxy) is 1. The highest BCUT2D eigenvalue weighted by atomic mass is 32.2. The quantitative estimate of drug-likeness (QED) is 0.773. The van der Waals surface area contributed by atoms with Gasteiger partial charge in [0.15, 0.2) is 11.0 Å². The molecule has 1 fully saturated rings. The van der Waals surface area contributed by atoms with Crippen LogP contribution < -0.4 is 0 Å². The molecule has 0 aromatic carbocycles. The van der Waals surface area contributed by atoms with E-state index < -0.39 is 0 Å². The molecule has 2 aromatic heterocycles. The minimum absolute atomic E-state index is 0.137. The van der Waals surface area contributed by atoms with E-state index in [4.69, 9.17) is 4.74 Å². The molecule has 2 aromatic rings. The molecule has 1 aliphatic heterocycles.